The van der Waals surface area contributed by atoms with Crippen LogP contribution in [0.3, 0.4) is 0 Å². The van der Waals surface area contributed by atoms with Crippen molar-refractivity contribution in [2.45, 2.75) is 50.6 Å². The molecule has 0 atom stereocenters. The van der Waals surface area contributed by atoms with Crippen molar-refractivity contribution < 1.29 is 14.7 Å². The fourth-order valence-corrected chi connectivity index (χ4v) is 3.17. The summed E-state index contributed by atoms with van der Waals surface area (Å²) in [7, 11) is 0. The first-order chi connectivity index (χ1) is 12.1. The van der Waals surface area contributed by atoms with Crippen LogP contribution < -0.4 is 5.32 Å². The average Bonchev–Trinajstić information content (AvgIpc) is 2.93. The number of benzene rings is 1. The van der Waals surface area contributed by atoms with Gasteiger partial charge < -0.3 is 10.4 Å². The summed E-state index contributed by atoms with van der Waals surface area (Å²) >= 11 is 0. The highest BCUT2D eigenvalue weighted by molar-refractivity contribution is 5.86. The van der Waals surface area contributed by atoms with Crippen molar-refractivity contribution in [3.05, 3.63) is 30.3 Å². The van der Waals surface area contributed by atoms with Crippen molar-refractivity contribution in [1.82, 2.24) is 25.5 Å². The monoisotopic (exact) mass is 343 g/mol. The number of aliphatic carboxylic acids is 1. The Kier molecular flexibility index (Phi) is 5.06. The molecule has 0 bridgehead atoms. The van der Waals surface area contributed by atoms with Gasteiger partial charge in [-0.05, 0) is 18.1 Å². The second kappa shape index (κ2) is 7.42. The zero-order chi connectivity index (χ0) is 17.7. The van der Waals surface area contributed by atoms with E-state index in [9.17, 15) is 14.7 Å². The topological polar surface area (TPSA) is 110 Å². The number of carboxylic acid groups (broad SMARTS) is 1. The number of hydrogen-bond donors (Lipinski definition) is 2. The number of rotatable bonds is 5. The van der Waals surface area contributed by atoms with Gasteiger partial charge in [0, 0.05) is 5.56 Å². The lowest BCUT2D eigenvalue weighted by molar-refractivity contribution is -0.148. The van der Waals surface area contributed by atoms with E-state index in [1.54, 1.807) is 0 Å². The van der Waals surface area contributed by atoms with Crippen LogP contribution in [-0.4, -0.2) is 42.7 Å². The summed E-state index contributed by atoms with van der Waals surface area (Å²) in [4.78, 5) is 25.3. The van der Waals surface area contributed by atoms with Crippen molar-refractivity contribution in [2.75, 3.05) is 0 Å². The molecule has 1 aromatic heterocycles. The predicted molar refractivity (Wildman–Crippen MR) is 89.5 cm³/mol. The standard InChI is InChI=1S/C17H21N5O3/c23-14(18-17(16(24)25)10-6-1-2-7-11-17)12-22-20-15(19-21-22)13-8-4-3-5-9-13/h3-5,8-9H,1-2,6-7,10-12H2,(H,18,23)(H,24,25). The molecule has 1 amide bonds. The zero-order valence-corrected chi connectivity index (χ0v) is 13.9. The molecule has 2 N–H and O–H groups in total. The van der Waals surface area contributed by atoms with Gasteiger partial charge in [0.05, 0.1) is 0 Å². The predicted octanol–water partition coefficient (Wildman–Crippen LogP) is 1.63. The number of carboxylic acids is 1. The molecule has 0 unspecified atom stereocenters. The van der Waals surface area contributed by atoms with Crippen LogP contribution in [0.5, 0.6) is 0 Å². The van der Waals surface area contributed by atoms with E-state index in [-0.39, 0.29) is 6.54 Å². The van der Waals surface area contributed by atoms with E-state index in [1.165, 1.54) is 4.80 Å². The molecule has 1 saturated carbocycles. The molecule has 1 aliphatic carbocycles. The van der Waals surface area contributed by atoms with Gasteiger partial charge in [0.1, 0.15) is 12.1 Å². The number of carbonyl (C=O) groups is 2. The second-order valence-electron chi connectivity index (χ2n) is 6.36. The van der Waals surface area contributed by atoms with Crippen LogP contribution >= 0.6 is 0 Å². The molecule has 25 heavy (non-hydrogen) atoms. The Morgan fingerprint density at radius 2 is 1.80 bits per heavy atom. The third-order valence-corrected chi connectivity index (χ3v) is 4.52. The van der Waals surface area contributed by atoms with Gasteiger partial charge in [-0.15, -0.1) is 10.2 Å². The number of carbonyl (C=O) groups excluding carboxylic acids is 1. The third kappa shape index (κ3) is 4.01. The maximum atomic E-state index is 12.3. The van der Waals surface area contributed by atoms with E-state index < -0.39 is 17.4 Å². The lowest BCUT2D eigenvalue weighted by Crippen LogP contribution is -2.55. The van der Waals surface area contributed by atoms with Crippen LogP contribution in [0.15, 0.2) is 30.3 Å². The molecule has 0 radical (unpaired) electrons. The molecular formula is C17H21N5O3. The molecule has 1 aliphatic rings. The molecule has 8 nitrogen and oxygen atoms in total. The van der Waals surface area contributed by atoms with Crippen molar-refractivity contribution in [2.24, 2.45) is 0 Å². The molecule has 0 saturated heterocycles. The number of aromatic nitrogens is 4. The van der Waals surface area contributed by atoms with Crippen molar-refractivity contribution >= 4 is 11.9 Å². The fraction of sp³-hybridized carbons (Fsp3) is 0.471. The molecule has 1 aromatic carbocycles. The van der Waals surface area contributed by atoms with Gasteiger partial charge in [-0.2, -0.15) is 4.80 Å². The summed E-state index contributed by atoms with van der Waals surface area (Å²) in [5, 5.41) is 24.3. The van der Waals surface area contributed by atoms with Gasteiger partial charge in [0.25, 0.3) is 0 Å². The molecule has 3 rings (SSSR count). The minimum Gasteiger partial charge on any atom is -0.480 e. The Hall–Kier alpha value is -2.77. The van der Waals surface area contributed by atoms with E-state index in [1.807, 2.05) is 30.3 Å². The third-order valence-electron chi connectivity index (χ3n) is 4.52. The van der Waals surface area contributed by atoms with Gasteiger partial charge in [0.2, 0.25) is 11.7 Å². The highest BCUT2D eigenvalue weighted by Crippen LogP contribution is 2.27. The minimum atomic E-state index is -1.18. The van der Waals surface area contributed by atoms with Crippen LogP contribution in [0.2, 0.25) is 0 Å². The van der Waals surface area contributed by atoms with E-state index in [0.29, 0.717) is 18.7 Å². The number of tetrazole rings is 1. The van der Waals surface area contributed by atoms with Gasteiger partial charge in [0.15, 0.2) is 0 Å². The Balaban J connectivity index is 1.67. The lowest BCUT2D eigenvalue weighted by atomic mass is 9.90. The summed E-state index contributed by atoms with van der Waals surface area (Å²) < 4.78 is 0. The maximum Gasteiger partial charge on any atom is 0.329 e. The Morgan fingerprint density at radius 1 is 1.12 bits per heavy atom. The summed E-state index contributed by atoms with van der Waals surface area (Å²) in [6, 6.07) is 9.33. The first-order valence-electron chi connectivity index (χ1n) is 8.47. The summed E-state index contributed by atoms with van der Waals surface area (Å²) in [5.74, 6) is -0.962. The SMILES string of the molecule is O=C(Cn1nnc(-c2ccccc2)n1)NC1(C(=O)O)CCCCCC1. The average molecular weight is 343 g/mol. The van der Waals surface area contributed by atoms with Crippen LogP contribution in [0.4, 0.5) is 0 Å². The Bertz CT molecular complexity index is 736. The second-order valence-corrected chi connectivity index (χ2v) is 6.36. The number of nitrogens with zero attached hydrogens (tertiary/aromatic N) is 4. The molecule has 8 heteroatoms. The largest absolute Gasteiger partial charge is 0.480 e. The lowest BCUT2D eigenvalue weighted by Gasteiger charge is -2.29. The molecule has 0 spiro atoms. The summed E-state index contributed by atoms with van der Waals surface area (Å²) in [5.41, 5.74) is -0.379. The maximum absolute atomic E-state index is 12.3. The number of nitrogens with one attached hydrogen (secondary N) is 1. The molecule has 2 aromatic rings. The highest BCUT2D eigenvalue weighted by atomic mass is 16.4. The summed E-state index contributed by atoms with van der Waals surface area (Å²) in [6.07, 6.45) is 4.49. The first kappa shape index (κ1) is 17.1. The zero-order valence-electron chi connectivity index (χ0n) is 13.9. The highest BCUT2D eigenvalue weighted by Gasteiger charge is 2.40. The van der Waals surface area contributed by atoms with Crippen LogP contribution in [0.25, 0.3) is 11.4 Å². The van der Waals surface area contributed by atoms with E-state index in [2.05, 4.69) is 20.7 Å². The van der Waals surface area contributed by atoms with Gasteiger partial charge in [-0.3, -0.25) is 4.79 Å². The Labute approximate surface area is 145 Å². The first-order valence-corrected chi connectivity index (χ1v) is 8.47. The fourth-order valence-electron chi connectivity index (χ4n) is 3.17. The normalized spacial score (nSPS) is 16.8. The summed E-state index contributed by atoms with van der Waals surface area (Å²) in [6.45, 7) is -0.158. The van der Waals surface area contributed by atoms with Crippen molar-refractivity contribution in [3.8, 4) is 11.4 Å². The van der Waals surface area contributed by atoms with E-state index in [4.69, 9.17) is 0 Å². The van der Waals surface area contributed by atoms with E-state index in [0.717, 1.165) is 31.2 Å². The van der Waals surface area contributed by atoms with Gasteiger partial charge in [-0.1, -0.05) is 56.0 Å². The quantitative estimate of drug-likeness (QED) is 0.799. The minimum absolute atomic E-state index is 0.158. The molecule has 0 aliphatic heterocycles. The van der Waals surface area contributed by atoms with Crippen LogP contribution in [0, 0.1) is 0 Å². The van der Waals surface area contributed by atoms with Crippen LogP contribution in [-0.2, 0) is 16.1 Å². The number of amides is 1. The van der Waals surface area contributed by atoms with Gasteiger partial charge >= 0.3 is 5.97 Å². The van der Waals surface area contributed by atoms with Crippen molar-refractivity contribution in [3.63, 3.8) is 0 Å². The Morgan fingerprint density at radius 3 is 2.44 bits per heavy atom. The molecule has 1 fully saturated rings. The van der Waals surface area contributed by atoms with Crippen molar-refractivity contribution in [1.29, 1.82) is 0 Å². The molecule has 1 heterocycles. The number of hydrogen-bond acceptors (Lipinski definition) is 5. The van der Waals surface area contributed by atoms with Crippen LogP contribution in [0.1, 0.15) is 38.5 Å². The van der Waals surface area contributed by atoms with E-state index >= 15 is 0 Å². The smallest absolute Gasteiger partial charge is 0.329 e. The molecule has 132 valence electrons. The van der Waals surface area contributed by atoms with Gasteiger partial charge in [-0.25, -0.2) is 4.79 Å². The molecular weight excluding hydrogens is 322 g/mol.